The molecule has 1 aliphatic rings. The van der Waals surface area contributed by atoms with Gasteiger partial charge >= 0.3 is 6.18 Å². The summed E-state index contributed by atoms with van der Waals surface area (Å²) < 4.78 is 43.7. The van der Waals surface area contributed by atoms with Crippen LogP contribution in [0.15, 0.2) is 12.1 Å². The second-order valence-corrected chi connectivity index (χ2v) is 4.97. The number of morpholine rings is 1. The van der Waals surface area contributed by atoms with Crippen LogP contribution in [0.5, 0.6) is 0 Å². The fourth-order valence-electron chi connectivity index (χ4n) is 2.10. The van der Waals surface area contributed by atoms with Crippen molar-refractivity contribution in [3.63, 3.8) is 0 Å². The highest BCUT2D eigenvalue weighted by Gasteiger charge is 2.35. The number of ether oxygens (including phenoxy) is 1. The highest BCUT2D eigenvalue weighted by molar-refractivity contribution is 7.80. The molecule has 0 spiro atoms. The number of aliphatic hydroxyl groups is 1. The van der Waals surface area contributed by atoms with Crippen LogP contribution in [0.2, 0.25) is 0 Å². The van der Waals surface area contributed by atoms with Gasteiger partial charge in [-0.25, -0.2) is 4.98 Å². The number of nitrogens with two attached hydrogens (primary N) is 1. The number of alkyl halides is 3. The molecule has 116 valence electrons. The van der Waals surface area contributed by atoms with Gasteiger partial charge in [-0.05, 0) is 12.1 Å². The van der Waals surface area contributed by atoms with Crippen molar-refractivity contribution in [2.24, 2.45) is 5.73 Å². The Hall–Kier alpha value is -1.45. The fraction of sp³-hybridized carbons (Fsp3) is 0.500. The van der Waals surface area contributed by atoms with Crippen LogP contribution in [0.4, 0.5) is 19.0 Å². The average Bonchev–Trinajstić information content (AvgIpc) is 2.45. The molecule has 5 nitrogen and oxygen atoms in total. The Morgan fingerprint density at radius 1 is 1.52 bits per heavy atom. The first-order valence-electron chi connectivity index (χ1n) is 6.18. The lowest BCUT2D eigenvalue weighted by Crippen LogP contribution is -2.48. The van der Waals surface area contributed by atoms with Crippen molar-refractivity contribution in [1.29, 1.82) is 0 Å². The van der Waals surface area contributed by atoms with E-state index >= 15 is 0 Å². The van der Waals surface area contributed by atoms with Crippen molar-refractivity contribution in [2.45, 2.75) is 12.2 Å². The van der Waals surface area contributed by atoms with Gasteiger partial charge in [-0.3, -0.25) is 0 Å². The number of hydrogen-bond donors (Lipinski definition) is 2. The van der Waals surface area contributed by atoms with Crippen LogP contribution >= 0.6 is 12.2 Å². The van der Waals surface area contributed by atoms with Crippen molar-refractivity contribution in [3.8, 4) is 0 Å². The molecular weight excluding hydrogens is 307 g/mol. The highest BCUT2D eigenvalue weighted by atomic mass is 32.1. The number of rotatable bonds is 3. The standard InChI is InChI=1S/C12H14F3N3O2S/c13-12(14,15)9-2-1-8(10(16)21)11(17-9)18-3-4-20-6-7(18)5-19/h1-2,7,19H,3-6H2,(H2,16,21). The Morgan fingerprint density at radius 3 is 2.81 bits per heavy atom. The summed E-state index contributed by atoms with van der Waals surface area (Å²) in [6, 6.07) is 1.56. The third-order valence-corrected chi connectivity index (χ3v) is 3.36. The molecule has 2 heterocycles. The molecule has 1 aromatic rings. The molecule has 0 bridgehead atoms. The van der Waals surface area contributed by atoms with Gasteiger partial charge in [0.05, 0.1) is 31.4 Å². The predicted molar refractivity (Wildman–Crippen MR) is 74.2 cm³/mol. The maximum absolute atomic E-state index is 12.8. The molecule has 21 heavy (non-hydrogen) atoms. The summed E-state index contributed by atoms with van der Waals surface area (Å²) in [5.41, 5.74) is 4.78. The monoisotopic (exact) mass is 321 g/mol. The second kappa shape index (κ2) is 6.12. The molecule has 0 amide bonds. The summed E-state index contributed by atoms with van der Waals surface area (Å²) >= 11 is 4.87. The van der Waals surface area contributed by atoms with Gasteiger partial charge in [0.25, 0.3) is 0 Å². The predicted octanol–water partition coefficient (Wildman–Crippen LogP) is 0.932. The number of pyridine rings is 1. The summed E-state index contributed by atoms with van der Waals surface area (Å²) in [7, 11) is 0. The normalized spacial score (nSPS) is 19.6. The molecule has 1 aromatic heterocycles. The van der Waals surface area contributed by atoms with Gasteiger partial charge in [0, 0.05) is 6.54 Å². The fourth-order valence-corrected chi connectivity index (χ4v) is 2.26. The lowest BCUT2D eigenvalue weighted by molar-refractivity contribution is -0.141. The maximum atomic E-state index is 12.8. The lowest BCUT2D eigenvalue weighted by Gasteiger charge is -2.36. The molecular formula is C12H14F3N3O2S. The number of halogens is 3. The minimum atomic E-state index is -4.56. The molecule has 2 rings (SSSR count). The lowest BCUT2D eigenvalue weighted by atomic mass is 10.1. The molecule has 3 N–H and O–H groups in total. The van der Waals surface area contributed by atoms with E-state index in [-0.39, 0.29) is 29.6 Å². The minimum absolute atomic E-state index is 0.0275. The van der Waals surface area contributed by atoms with Gasteiger partial charge in [0.2, 0.25) is 0 Å². The van der Waals surface area contributed by atoms with Gasteiger partial charge < -0.3 is 20.5 Å². The summed E-state index contributed by atoms with van der Waals surface area (Å²) in [6.45, 7) is 0.556. The van der Waals surface area contributed by atoms with Gasteiger partial charge in [-0.1, -0.05) is 12.2 Å². The Labute approximate surface area is 124 Å². The quantitative estimate of drug-likeness (QED) is 0.807. The van der Waals surface area contributed by atoms with E-state index in [1.54, 1.807) is 4.90 Å². The maximum Gasteiger partial charge on any atom is 0.433 e. The smallest absolute Gasteiger partial charge is 0.394 e. The van der Waals surface area contributed by atoms with Crippen molar-refractivity contribution in [2.75, 3.05) is 31.3 Å². The summed E-state index contributed by atoms with van der Waals surface area (Å²) in [5.74, 6) is 0.0275. The first-order chi connectivity index (χ1) is 9.84. The highest BCUT2D eigenvalue weighted by Crippen LogP contribution is 2.31. The minimum Gasteiger partial charge on any atom is -0.394 e. The van der Waals surface area contributed by atoms with Crippen LogP contribution in [-0.2, 0) is 10.9 Å². The first-order valence-corrected chi connectivity index (χ1v) is 6.58. The first kappa shape index (κ1) is 15.9. The number of anilines is 1. The van der Waals surface area contributed by atoms with E-state index in [0.29, 0.717) is 13.2 Å². The number of thiocarbonyl (C=S) groups is 1. The zero-order chi connectivity index (χ0) is 15.6. The van der Waals surface area contributed by atoms with Crippen molar-refractivity contribution in [1.82, 2.24) is 4.98 Å². The molecule has 0 saturated carbocycles. The van der Waals surface area contributed by atoms with Crippen LogP contribution in [0.1, 0.15) is 11.3 Å². The van der Waals surface area contributed by atoms with Crippen LogP contribution in [0.25, 0.3) is 0 Å². The van der Waals surface area contributed by atoms with Crippen LogP contribution in [-0.4, -0.2) is 47.5 Å². The molecule has 1 unspecified atom stereocenters. The van der Waals surface area contributed by atoms with Crippen LogP contribution in [0.3, 0.4) is 0 Å². The number of aromatic nitrogens is 1. The topological polar surface area (TPSA) is 71.6 Å². The van der Waals surface area contributed by atoms with Crippen molar-refractivity contribution in [3.05, 3.63) is 23.4 Å². The summed E-state index contributed by atoms with van der Waals surface area (Å²) in [5, 5.41) is 9.35. The Bertz CT molecular complexity index is 539. The van der Waals surface area contributed by atoms with E-state index in [1.807, 2.05) is 0 Å². The van der Waals surface area contributed by atoms with Gasteiger partial charge in [0.15, 0.2) is 0 Å². The zero-order valence-corrected chi connectivity index (χ0v) is 11.7. The van der Waals surface area contributed by atoms with E-state index in [4.69, 9.17) is 22.7 Å². The molecule has 1 saturated heterocycles. The van der Waals surface area contributed by atoms with E-state index in [9.17, 15) is 18.3 Å². The van der Waals surface area contributed by atoms with Crippen molar-refractivity contribution >= 4 is 23.0 Å². The zero-order valence-electron chi connectivity index (χ0n) is 10.9. The van der Waals surface area contributed by atoms with Gasteiger partial charge in [0.1, 0.15) is 16.5 Å². The van der Waals surface area contributed by atoms with Gasteiger partial charge in [-0.15, -0.1) is 0 Å². The number of nitrogens with zero attached hydrogens (tertiary/aromatic N) is 2. The third kappa shape index (κ3) is 3.42. The molecule has 1 atom stereocenters. The Kier molecular flexibility index (Phi) is 4.64. The Morgan fingerprint density at radius 2 is 2.24 bits per heavy atom. The van der Waals surface area contributed by atoms with E-state index in [2.05, 4.69) is 4.98 Å². The van der Waals surface area contributed by atoms with Crippen LogP contribution < -0.4 is 10.6 Å². The van der Waals surface area contributed by atoms with E-state index in [1.165, 1.54) is 6.07 Å². The second-order valence-electron chi connectivity index (χ2n) is 4.53. The third-order valence-electron chi connectivity index (χ3n) is 3.14. The molecule has 0 aliphatic carbocycles. The molecule has 0 radical (unpaired) electrons. The average molecular weight is 321 g/mol. The molecule has 0 aromatic carbocycles. The van der Waals surface area contributed by atoms with Gasteiger partial charge in [-0.2, -0.15) is 13.2 Å². The van der Waals surface area contributed by atoms with E-state index < -0.39 is 17.9 Å². The number of hydrogen-bond acceptors (Lipinski definition) is 5. The van der Waals surface area contributed by atoms with E-state index in [0.717, 1.165) is 6.07 Å². The summed E-state index contributed by atoms with van der Waals surface area (Å²) in [4.78, 5) is 5.16. The van der Waals surface area contributed by atoms with Crippen molar-refractivity contribution < 1.29 is 23.0 Å². The largest absolute Gasteiger partial charge is 0.433 e. The van der Waals surface area contributed by atoms with Crippen LogP contribution in [0, 0.1) is 0 Å². The molecule has 9 heteroatoms. The Balaban J connectivity index is 2.49. The molecule has 1 aliphatic heterocycles. The summed E-state index contributed by atoms with van der Waals surface area (Å²) in [6.07, 6.45) is -4.56. The molecule has 1 fully saturated rings. The number of aliphatic hydroxyl groups excluding tert-OH is 1. The SMILES string of the molecule is NC(=S)c1ccc(C(F)(F)F)nc1N1CCOCC1CO.